The Balaban J connectivity index is 2.41. The van der Waals surface area contributed by atoms with E-state index in [0.717, 1.165) is 17.8 Å². The lowest BCUT2D eigenvalue weighted by Gasteiger charge is -2.17. The molecule has 1 aromatic heterocycles. The molecule has 1 heterocycles. The molecule has 1 unspecified atom stereocenters. The van der Waals surface area contributed by atoms with Gasteiger partial charge in [-0.3, -0.25) is 0 Å². The van der Waals surface area contributed by atoms with Crippen molar-refractivity contribution < 1.29 is 0 Å². The van der Waals surface area contributed by atoms with Crippen molar-refractivity contribution in [1.29, 1.82) is 0 Å². The maximum absolute atomic E-state index is 6.23. The lowest BCUT2D eigenvalue weighted by Crippen LogP contribution is -2.16. The zero-order valence-corrected chi connectivity index (χ0v) is 12.5. The number of hydrogen-bond acceptors (Lipinski definition) is 2. The Hall–Kier alpha value is -1.03. The van der Waals surface area contributed by atoms with Crippen molar-refractivity contribution >= 4 is 23.2 Å². The third kappa shape index (κ3) is 3.30. The monoisotopic (exact) mass is 297 g/mol. The highest BCUT2D eigenvalue weighted by Crippen LogP contribution is 2.28. The van der Waals surface area contributed by atoms with Gasteiger partial charge in [0.25, 0.3) is 0 Å². The fourth-order valence-corrected chi connectivity index (χ4v) is 2.45. The van der Waals surface area contributed by atoms with Gasteiger partial charge in [0.2, 0.25) is 0 Å². The maximum Gasteiger partial charge on any atom is 0.0995 e. The topological polar surface area (TPSA) is 43.8 Å². The molecule has 5 heteroatoms. The SMILES string of the molecule is CC(C)CC(N)c1cncn1-c1cc(Cl)ccc1Cl. The first kappa shape index (κ1) is 14.4. The molecule has 0 amide bonds. The highest BCUT2D eigenvalue weighted by molar-refractivity contribution is 6.34. The molecular weight excluding hydrogens is 281 g/mol. The number of imidazole rings is 1. The first-order chi connectivity index (χ1) is 8.99. The molecule has 0 fully saturated rings. The Labute approximate surface area is 123 Å². The molecule has 0 bridgehead atoms. The van der Waals surface area contributed by atoms with E-state index in [9.17, 15) is 0 Å². The molecule has 0 radical (unpaired) electrons. The van der Waals surface area contributed by atoms with Gasteiger partial charge in [-0.1, -0.05) is 37.0 Å². The molecule has 19 heavy (non-hydrogen) atoms. The molecule has 2 N–H and O–H groups in total. The zero-order valence-electron chi connectivity index (χ0n) is 11.0. The highest BCUT2D eigenvalue weighted by Gasteiger charge is 2.15. The maximum atomic E-state index is 6.23. The number of nitrogens with zero attached hydrogens (tertiary/aromatic N) is 2. The van der Waals surface area contributed by atoms with Crippen LogP contribution < -0.4 is 5.73 Å². The summed E-state index contributed by atoms with van der Waals surface area (Å²) in [5.74, 6) is 0.521. The average molecular weight is 298 g/mol. The van der Waals surface area contributed by atoms with Gasteiger partial charge in [0.15, 0.2) is 0 Å². The van der Waals surface area contributed by atoms with E-state index in [1.165, 1.54) is 0 Å². The smallest absolute Gasteiger partial charge is 0.0995 e. The van der Waals surface area contributed by atoms with Crippen molar-refractivity contribution in [3.05, 3.63) is 46.5 Å². The van der Waals surface area contributed by atoms with Gasteiger partial charge in [-0.15, -0.1) is 0 Å². The molecule has 1 atom stereocenters. The van der Waals surface area contributed by atoms with Crippen molar-refractivity contribution in [2.24, 2.45) is 11.7 Å². The quantitative estimate of drug-likeness (QED) is 0.918. The van der Waals surface area contributed by atoms with Gasteiger partial charge in [-0.05, 0) is 30.5 Å². The first-order valence-corrected chi connectivity index (χ1v) is 6.98. The Morgan fingerprint density at radius 3 is 2.74 bits per heavy atom. The second-order valence-electron chi connectivity index (χ2n) is 5.02. The molecule has 0 aliphatic rings. The summed E-state index contributed by atoms with van der Waals surface area (Å²) in [6.45, 7) is 4.29. The number of rotatable bonds is 4. The zero-order chi connectivity index (χ0) is 14.0. The molecule has 0 saturated carbocycles. The van der Waals surface area contributed by atoms with Crippen molar-refractivity contribution in [1.82, 2.24) is 9.55 Å². The second-order valence-corrected chi connectivity index (χ2v) is 5.86. The van der Waals surface area contributed by atoms with Crippen LogP contribution in [0.15, 0.2) is 30.7 Å². The molecule has 3 nitrogen and oxygen atoms in total. The number of benzene rings is 1. The summed E-state index contributed by atoms with van der Waals surface area (Å²) in [5.41, 5.74) is 7.98. The summed E-state index contributed by atoms with van der Waals surface area (Å²) in [7, 11) is 0. The molecule has 1 aromatic carbocycles. The number of aromatic nitrogens is 2. The number of halogens is 2. The molecule has 0 saturated heterocycles. The summed E-state index contributed by atoms with van der Waals surface area (Å²) in [5, 5.41) is 1.26. The third-order valence-electron chi connectivity index (χ3n) is 2.94. The molecule has 2 rings (SSSR count). The molecule has 2 aromatic rings. The van der Waals surface area contributed by atoms with Crippen LogP contribution in [0.2, 0.25) is 10.0 Å². The van der Waals surface area contributed by atoms with E-state index >= 15 is 0 Å². The fourth-order valence-electron chi connectivity index (χ4n) is 2.08. The Kier molecular flexibility index (Phi) is 4.50. The largest absolute Gasteiger partial charge is 0.323 e. The van der Waals surface area contributed by atoms with Crippen LogP contribution in [-0.2, 0) is 0 Å². The predicted octanol–water partition coefficient (Wildman–Crippen LogP) is 4.23. The second kappa shape index (κ2) is 5.95. The van der Waals surface area contributed by atoms with Gasteiger partial charge in [-0.25, -0.2) is 4.98 Å². The summed E-state index contributed by atoms with van der Waals surface area (Å²) in [4.78, 5) is 4.18. The van der Waals surface area contributed by atoms with Gasteiger partial charge in [0.05, 0.1) is 28.9 Å². The van der Waals surface area contributed by atoms with Crippen LogP contribution in [0.4, 0.5) is 0 Å². The van der Waals surface area contributed by atoms with E-state index in [0.29, 0.717) is 16.0 Å². The summed E-state index contributed by atoms with van der Waals surface area (Å²) >= 11 is 12.2. The first-order valence-electron chi connectivity index (χ1n) is 6.22. The molecular formula is C14H17Cl2N3. The van der Waals surface area contributed by atoms with Crippen LogP contribution in [0.3, 0.4) is 0 Å². The molecule has 102 valence electrons. The van der Waals surface area contributed by atoms with Crippen LogP contribution in [0.5, 0.6) is 0 Å². The standard InChI is InChI=1S/C14H17Cl2N3/c1-9(2)5-12(17)14-7-18-8-19(14)13-6-10(15)3-4-11(13)16/h3-4,6-9,12H,5,17H2,1-2H3. The lowest BCUT2D eigenvalue weighted by molar-refractivity contribution is 0.498. The Morgan fingerprint density at radius 2 is 2.05 bits per heavy atom. The van der Waals surface area contributed by atoms with Gasteiger partial charge < -0.3 is 10.3 Å². The van der Waals surface area contributed by atoms with E-state index in [4.69, 9.17) is 28.9 Å². The minimum Gasteiger partial charge on any atom is -0.323 e. The van der Waals surface area contributed by atoms with Crippen LogP contribution in [0, 0.1) is 5.92 Å². The third-order valence-corrected chi connectivity index (χ3v) is 3.49. The van der Waals surface area contributed by atoms with Crippen LogP contribution in [-0.4, -0.2) is 9.55 Å². The highest BCUT2D eigenvalue weighted by atomic mass is 35.5. The van der Waals surface area contributed by atoms with Crippen LogP contribution >= 0.6 is 23.2 Å². The molecule has 0 aliphatic heterocycles. The van der Waals surface area contributed by atoms with Gasteiger partial charge in [0, 0.05) is 11.1 Å². The minimum absolute atomic E-state index is 0.0717. The predicted molar refractivity (Wildman–Crippen MR) is 80.0 cm³/mol. The lowest BCUT2D eigenvalue weighted by atomic mass is 10.0. The van der Waals surface area contributed by atoms with Crippen molar-refractivity contribution in [3.63, 3.8) is 0 Å². The Bertz CT molecular complexity index is 564. The fraction of sp³-hybridized carbons (Fsp3) is 0.357. The van der Waals surface area contributed by atoms with Crippen LogP contribution in [0.25, 0.3) is 5.69 Å². The van der Waals surface area contributed by atoms with E-state index in [-0.39, 0.29) is 6.04 Å². The van der Waals surface area contributed by atoms with Crippen molar-refractivity contribution in [2.45, 2.75) is 26.3 Å². The number of nitrogens with two attached hydrogens (primary N) is 1. The van der Waals surface area contributed by atoms with E-state index in [1.807, 2.05) is 10.6 Å². The summed E-state index contributed by atoms with van der Waals surface area (Å²) in [6.07, 6.45) is 4.39. The van der Waals surface area contributed by atoms with Crippen LogP contribution in [0.1, 0.15) is 32.0 Å². The molecule has 0 aliphatic carbocycles. The van der Waals surface area contributed by atoms with Gasteiger partial charge in [-0.2, -0.15) is 0 Å². The molecule has 0 spiro atoms. The summed E-state index contributed by atoms with van der Waals surface area (Å²) < 4.78 is 1.90. The normalized spacial score (nSPS) is 12.9. The van der Waals surface area contributed by atoms with Crippen molar-refractivity contribution in [2.75, 3.05) is 0 Å². The van der Waals surface area contributed by atoms with Gasteiger partial charge in [0.1, 0.15) is 0 Å². The average Bonchev–Trinajstić information content (AvgIpc) is 2.80. The van der Waals surface area contributed by atoms with E-state index in [2.05, 4.69) is 18.8 Å². The summed E-state index contributed by atoms with van der Waals surface area (Å²) in [6, 6.07) is 5.28. The Morgan fingerprint density at radius 1 is 1.32 bits per heavy atom. The minimum atomic E-state index is -0.0717. The van der Waals surface area contributed by atoms with E-state index < -0.39 is 0 Å². The number of hydrogen-bond donors (Lipinski definition) is 1. The van der Waals surface area contributed by atoms with Gasteiger partial charge >= 0.3 is 0 Å². The van der Waals surface area contributed by atoms with E-state index in [1.54, 1.807) is 24.7 Å². The van der Waals surface area contributed by atoms with Crippen molar-refractivity contribution in [3.8, 4) is 5.69 Å².